The zero-order chi connectivity index (χ0) is 24.4. The van der Waals surface area contributed by atoms with Crippen molar-refractivity contribution < 1.29 is 19.0 Å². The van der Waals surface area contributed by atoms with Gasteiger partial charge < -0.3 is 29.8 Å². The number of ether oxygens (including phenoxy) is 3. The minimum atomic E-state index is -0.142. The second-order valence-corrected chi connectivity index (χ2v) is 9.30. The highest BCUT2D eigenvalue weighted by Crippen LogP contribution is 2.44. The summed E-state index contributed by atoms with van der Waals surface area (Å²) in [5.41, 5.74) is 4.26. The lowest BCUT2D eigenvalue weighted by atomic mass is 9.98. The average molecular weight is 497 g/mol. The Bertz CT molecular complexity index is 1220. The van der Waals surface area contributed by atoms with Crippen LogP contribution in [-0.4, -0.2) is 48.8 Å². The van der Waals surface area contributed by atoms with Crippen LogP contribution in [0.1, 0.15) is 48.2 Å². The molecule has 3 aromatic rings. The van der Waals surface area contributed by atoms with Crippen molar-refractivity contribution in [3.63, 3.8) is 0 Å². The molecule has 0 aliphatic carbocycles. The number of fused-ring (bicyclic) bond motifs is 1. The van der Waals surface area contributed by atoms with Crippen LogP contribution < -0.4 is 20.1 Å². The minimum Gasteiger partial charge on any atom is -0.493 e. The number of H-pyrrole nitrogens is 1. The summed E-state index contributed by atoms with van der Waals surface area (Å²) in [6.45, 7) is 3.85. The molecule has 2 aromatic heterocycles. The van der Waals surface area contributed by atoms with Crippen molar-refractivity contribution in [2.45, 2.75) is 38.2 Å². The first-order chi connectivity index (χ1) is 17.1. The van der Waals surface area contributed by atoms with Crippen LogP contribution in [-0.2, 0) is 4.74 Å². The molecule has 2 unspecified atom stereocenters. The summed E-state index contributed by atoms with van der Waals surface area (Å²) in [5.74, 6) is 1.09. The fourth-order valence-corrected chi connectivity index (χ4v) is 4.91. The number of methoxy groups -OCH3 is 1. The van der Waals surface area contributed by atoms with Crippen LogP contribution in [0.4, 0.5) is 11.4 Å². The SMILES string of the molecule is COc1c(Cl)cccc1Nc1c(-c2ccncc2OCC2CCCCO2)[nH]c2c1C(=O)NCC2C. The number of nitrogens with zero attached hydrogens (tertiary/aromatic N) is 1. The summed E-state index contributed by atoms with van der Waals surface area (Å²) in [5, 5.41) is 6.88. The highest BCUT2D eigenvalue weighted by atomic mass is 35.5. The number of benzene rings is 1. The van der Waals surface area contributed by atoms with E-state index in [1.807, 2.05) is 18.2 Å². The van der Waals surface area contributed by atoms with Crippen molar-refractivity contribution in [1.29, 1.82) is 0 Å². The Morgan fingerprint density at radius 1 is 1.29 bits per heavy atom. The van der Waals surface area contributed by atoms with Crippen LogP contribution in [0.5, 0.6) is 11.5 Å². The standard InChI is InChI=1S/C26H29ClN4O4/c1-15-12-29-26(32)21-22(15)31-23(24(21)30-19-8-5-7-18(27)25(19)33-2)17-9-10-28-13-20(17)35-14-16-6-3-4-11-34-16/h5,7-10,13,15-16,30-31H,3-4,6,11-12,14H2,1-2H3,(H,29,32). The number of aromatic nitrogens is 2. The molecule has 1 amide bonds. The highest BCUT2D eigenvalue weighted by molar-refractivity contribution is 6.32. The van der Waals surface area contributed by atoms with Crippen molar-refractivity contribution in [3.8, 4) is 22.8 Å². The van der Waals surface area contributed by atoms with Crippen LogP contribution in [0, 0.1) is 0 Å². The number of hydrogen-bond acceptors (Lipinski definition) is 6. The number of aromatic amines is 1. The molecule has 3 N–H and O–H groups in total. The van der Waals surface area contributed by atoms with Crippen molar-refractivity contribution in [2.24, 2.45) is 0 Å². The number of nitrogens with one attached hydrogen (secondary N) is 3. The maximum atomic E-state index is 13.0. The third-order valence-electron chi connectivity index (χ3n) is 6.50. The van der Waals surface area contributed by atoms with E-state index >= 15 is 0 Å². The molecule has 8 nitrogen and oxygen atoms in total. The van der Waals surface area contributed by atoms with Crippen LogP contribution in [0.15, 0.2) is 36.7 Å². The maximum absolute atomic E-state index is 13.0. The van der Waals surface area contributed by atoms with Gasteiger partial charge >= 0.3 is 0 Å². The number of halogens is 1. The molecule has 1 saturated heterocycles. The first kappa shape index (κ1) is 23.5. The average Bonchev–Trinajstić information content (AvgIpc) is 3.26. The van der Waals surface area contributed by atoms with Gasteiger partial charge in [-0.2, -0.15) is 0 Å². The van der Waals surface area contributed by atoms with E-state index in [-0.39, 0.29) is 17.9 Å². The van der Waals surface area contributed by atoms with Gasteiger partial charge in [-0.3, -0.25) is 9.78 Å². The Morgan fingerprint density at radius 3 is 2.97 bits per heavy atom. The van der Waals surface area contributed by atoms with Gasteiger partial charge in [-0.25, -0.2) is 0 Å². The number of amides is 1. The van der Waals surface area contributed by atoms with E-state index in [2.05, 4.69) is 27.5 Å². The molecule has 1 fully saturated rings. The van der Waals surface area contributed by atoms with E-state index in [0.29, 0.717) is 46.6 Å². The van der Waals surface area contributed by atoms with Crippen LogP contribution >= 0.6 is 11.6 Å². The van der Waals surface area contributed by atoms with Gasteiger partial charge in [-0.1, -0.05) is 24.6 Å². The number of carbonyl (C=O) groups is 1. The van der Waals surface area contributed by atoms with Gasteiger partial charge in [0.15, 0.2) is 5.75 Å². The minimum absolute atomic E-state index is 0.0628. The Kier molecular flexibility index (Phi) is 6.83. The van der Waals surface area contributed by atoms with E-state index in [9.17, 15) is 4.79 Å². The van der Waals surface area contributed by atoms with E-state index < -0.39 is 0 Å². The molecule has 0 bridgehead atoms. The molecule has 35 heavy (non-hydrogen) atoms. The fraction of sp³-hybridized carbons (Fsp3) is 0.385. The quantitative estimate of drug-likeness (QED) is 0.412. The van der Waals surface area contributed by atoms with Crippen LogP contribution in [0.2, 0.25) is 5.02 Å². The lowest BCUT2D eigenvalue weighted by molar-refractivity contribution is -0.0110. The summed E-state index contributed by atoms with van der Waals surface area (Å²) in [7, 11) is 1.57. The molecule has 9 heteroatoms. The lowest BCUT2D eigenvalue weighted by Crippen LogP contribution is -2.33. The Hall–Kier alpha value is -3.23. The fourth-order valence-electron chi connectivity index (χ4n) is 4.66. The molecule has 2 aliphatic heterocycles. The molecule has 4 heterocycles. The van der Waals surface area contributed by atoms with Gasteiger partial charge in [0, 0.05) is 36.5 Å². The van der Waals surface area contributed by atoms with Crippen molar-refractivity contribution >= 4 is 28.9 Å². The van der Waals surface area contributed by atoms with Gasteiger partial charge in [0.25, 0.3) is 5.91 Å². The lowest BCUT2D eigenvalue weighted by Gasteiger charge is -2.23. The summed E-state index contributed by atoms with van der Waals surface area (Å²) < 4.78 is 17.6. The van der Waals surface area contributed by atoms with Crippen molar-refractivity contribution in [2.75, 3.05) is 32.2 Å². The number of pyridine rings is 1. The molecule has 2 aliphatic rings. The van der Waals surface area contributed by atoms with Crippen LogP contribution in [0.3, 0.4) is 0 Å². The summed E-state index contributed by atoms with van der Waals surface area (Å²) in [6, 6.07) is 7.34. The van der Waals surface area contributed by atoms with E-state index in [1.165, 1.54) is 0 Å². The first-order valence-electron chi connectivity index (χ1n) is 11.9. The number of rotatable bonds is 7. The summed E-state index contributed by atoms with van der Waals surface area (Å²) in [6.07, 6.45) is 6.68. The second-order valence-electron chi connectivity index (χ2n) is 8.89. The molecular formula is C26H29ClN4O4. The smallest absolute Gasteiger partial charge is 0.255 e. The van der Waals surface area contributed by atoms with Gasteiger partial charge in [0.05, 0.1) is 47.1 Å². The van der Waals surface area contributed by atoms with E-state index in [4.69, 9.17) is 25.8 Å². The Labute approximate surface area is 209 Å². The highest BCUT2D eigenvalue weighted by Gasteiger charge is 2.32. The number of hydrogen-bond donors (Lipinski definition) is 3. The molecule has 184 valence electrons. The third-order valence-corrected chi connectivity index (χ3v) is 6.80. The molecule has 2 atom stereocenters. The molecule has 0 spiro atoms. The van der Waals surface area contributed by atoms with Gasteiger partial charge in [0.1, 0.15) is 12.4 Å². The van der Waals surface area contributed by atoms with Crippen LogP contribution in [0.25, 0.3) is 11.3 Å². The predicted octanol–water partition coefficient (Wildman–Crippen LogP) is 5.28. The summed E-state index contributed by atoms with van der Waals surface area (Å²) in [4.78, 5) is 20.8. The summed E-state index contributed by atoms with van der Waals surface area (Å²) >= 11 is 6.37. The molecule has 1 aromatic carbocycles. The van der Waals surface area contributed by atoms with E-state index in [0.717, 1.165) is 42.8 Å². The Morgan fingerprint density at radius 2 is 2.17 bits per heavy atom. The number of para-hydroxylation sites is 1. The number of anilines is 2. The van der Waals surface area contributed by atoms with E-state index in [1.54, 1.807) is 25.6 Å². The maximum Gasteiger partial charge on any atom is 0.255 e. The normalized spacial score (nSPS) is 19.6. The first-order valence-corrected chi connectivity index (χ1v) is 12.3. The second kappa shape index (κ2) is 10.2. The predicted molar refractivity (Wildman–Crippen MR) is 135 cm³/mol. The topological polar surface area (TPSA) is 97.5 Å². The molecular weight excluding hydrogens is 468 g/mol. The zero-order valence-corrected chi connectivity index (χ0v) is 20.6. The molecule has 0 saturated carbocycles. The zero-order valence-electron chi connectivity index (χ0n) is 19.8. The van der Waals surface area contributed by atoms with Gasteiger partial charge in [-0.05, 0) is 37.5 Å². The third kappa shape index (κ3) is 4.68. The molecule has 0 radical (unpaired) electrons. The van der Waals surface area contributed by atoms with Crippen molar-refractivity contribution in [3.05, 3.63) is 52.9 Å². The Balaban J connectivity index is 1.58. The van der Waals surface area contributed by atoms with Gasteiger partial charge in [0.2, 0.25) is 0 Å². The monoisotopic (exact) mass is 496 g/mol. The van der Waals surface area contributed by atoms with Crippen molar-refractivity contribution in [1.82, 2.24) is 15.3 Å². The molecule has 5 rings (SSSR count). The largest absolute Gasteiger partial charge is 0.493 e. The van der Waals surface area contributed by atoms with Gasteiger partial charge in [-0.15, -0.1) is 0 Å². The number of carbonyl (C=O) groups excluding carboxylic acids is 1.